The van der Waals surface area contributed by atoms with E-state index in [1.165, 1.54) is 24.8 Å². The first-order chi connectivity index (χ1) is 11.0. The molecule has 0 aliphatic heterocycles. The zero-order valence-corrected chi connectivity index (χ0v) is 13.7. The van der Waals surface area contributed by atoms with Gasteiger partial charge in [-0.15, -0.1) is 11.3 Å². The first kappa shape index (κ1) is 15.2. The van der Waals surface area contributed by atoms with Gasteiger partial charge in [0, 0.05) is 0 Å². The lowest BCUT2D eigenvalue weighted by atomic mass is 10.2. The third kappa shape index (κ3) is 2.70. The van der Waals surface area contributed by atoms with Crippen LogP contribution < -0.4 is 5.32 Å². The predicted molar refractivity (Wildman–Crippen MR) is 89.6 cm³/mol. The number of methoxy groups -OCH3 is 1. The monoisotopic (exact) mass is 329 g/mol. The molecule has 0 radical (unpaired) electrons. The molecule has 6 nitrogen and oxygen atoms in total. The number of phenolic OH excluding ortho intramolecular Hbond substituents is 1. The Kier molecular flexibility index (Phi) is 3.87. The second-order valence-electron chi connectivity index (χ2n) is 5.10. The highest BCUT2D eigenvalue weighted by Crippen LogP contribution is 2.36. The molecule has 23 heavy (non-hydrogen) atoms. The fourth-order valence-electron chi connectivity index (χ4n) is 2.33. The molecule has 2 aromatic heterocycles. The van der Waals surface area contributed by atoms with E-state index in [0.29, 0.717) is 21.2 Å². The van der Waals surface area contributed by atoms with Crippen LogP contribution in [-0.2, 0) is 4.74 Å². The minimum absolute atomic E-state index is 0.137. The molecule has 0 fully saturated rings. The number of carbonyl (C=O) groups is 1. The molecule has 7 heteroatoms. The number of nitrogens with zero attached hydrogens (tertiary/aromatic N) is 2. The number of nitrogens with one attached hydrogen (secondary N) is 1. The maximum absolute atomic E-state index is 11.8. The Labute approximate surface area is 136 Å². The molecule has 0 saturated carbocycles. The van der Waals surface area contributed by atoms with Crippen LogP contribution in [0.25, 0.3) is 10.2 Å². The highest BCUT2D eigenvalue weighted by atomic mass is 32.1. The summed E-state index contributed by atoms with van der Waals surface area (Å²) in [6, 6.07) is 5.34. The smallest absolute Gasteiger partial charge is 0.348 e. The van der Waals surface area contributed by atoms with Crippen molar-refractivity contribution in [3.8, 4) is 5.75 Å². The highest BCUT2D eigenvalue weighted by Gasteiger charge is 2.20. The van der Waals surface area contributed by atoms with Gasteiger partial charge in [-0.1, -0.05) is 6.07 Å². The normalized spacial score (nSPS) is 10.7. The third-order valence-electron chi connectivity index (χ3n) is 3.50. The van der Waals surface area contributed by atoms with Crippen LogP contribution in [0.2, 0.25) is 0 Å². The third-order valence-corrected chi connectivity index (χ3v) is 4.68. The molecule has 3 aromatic rings. The number of anilines is 2. The van der Waals surface area contributed by atoms with Crippen LogP contribution >= 0.6 is 11.3 Å². The zero-order chi connectivity index (χ0) is 16.6. The first-order valence-corrected chi connectivity index (χ1v) is 7.72. The van der Waals surface area contributed by atoms with Gasteiger partial charge >= 0.3 is 5.97 Å². The summed E-state index contributed by atoms with van der Waals surface area (Å²) in [6.45, 7) is 3.73. The Balaban J connectivity index is 2.11. The summed E-state index contributed by atoms with van der Waals surface area (Å²) in [5.41, 5.74) is 2.26. The Morgan fingerprint density at radius 3 is 2.78 bits per heavy atom. The van der Waals surface area contributed by atoms with Crippen LogP contribution in [0.3, 0.4) is 0 Å². The molecule has 0 spiro atoms. The van der Waals surface area contributed by atoms with Crippen LogP contribution in [0.15, 0.2) is 24.5 Å². The van der Waals surface area contributed by atoms with Gasteiger partial charge in [0.15, 0.2) is 0 Å². The number of aryl methyl sites for hydroxylation is 2. The van der Waals surface area contributed by atoms with Crippen molar-refractivity contribution in [1.29, 1.82) is 0 Å². The lowest BCUT2D eigenvalue weighted by Gasteiger charge is -2.09. The van der Waals surface area contributed by atoms with Crippen molar-refractivity contribution in [3.05, 3.63) is 40.5 Å². The average molecular weight is 329 g/mol. The number of carbonyl (C=O) groups excluding carboxylic acids is 1. The Hall–Kier alpha value is -2.67. The Morgan fingerprint density at radius 2 is 2.09 bits per heavy atom. The quantitative estimate of drug-likeness (QED) is 0.565. The summed E-state index contributed by atoms with van der Waals surface area (Å²) in [7, 11) is 1.35. The SMILES string of the molecule is COC(=O)c1sc2ncnc(Nc3ccc(C)cc3O)c2c1C. The first-order valence-electron chi connectivity index (χ1n) is 6.90. The molecule has 2 N–H and O–H groups in total. The van der Waals surface area contributed by atoms with Gasteiger partial charge in [0.2, 0.25) is 0 Å². The van der Waals surface area contributed by atoms with E-state index < -0.39 is 5.97 Å². The van der Waals surface area contributed by atoms with Crippen molar-refractivity contribution in [1.82, 2.24) is 9.97 Å². The number of thiophene rings is 1. The van der Waals surface area contributed by atoms with E-state index in [9.17, 15) is 9.90 Å². The van der Waals surface area contributed by atoms with E-state index in [1.807, 2.05) is 19.9 Å². The van der Waals surface area contributed by atoms with Gasteiger partial charge < -0.3 is 15.2 Å². The largest absolute Gasteiger partial charge is 0.506 e. The molecule has 1 aromatic carbocycles. The number of ether oxygens (including phenoxy) is 1. The summed E-state index contributed by atoms with van der Waals surface area (Å²) in [5.74, 6) is 0.283. The Bertz CT molecular complexity index is 905. The number of hydrogen-bond donors (Lipinski definition) is 2. The van der Waals surface area contributed by atoms with E-state index in [0.717, 1.165) is 16.5 Å². The number of rotatable bonds is 3. The van der Waals surface area contributed by atoms with E-state index in [4.69, 9.17) is 4.74 Å². The fraction of sp³-hybridized carbons (Fsp3) is 0.188. The van der Waals surface area contributed by atoms with E-state index in [2.05, 4.69) is 15.3 Å². The van der Waals surface area contributed by atoms with E-state index >= 15 is 0 Å². The summed E-state index contributed by atoms with van der Waals surface area (Å²) >= 11 is 1.26. The van der Waals surface area contributed by atoms with Gasteiger partial charge in [-0.2, -0.15) is 0 Å². The maximum Gasteiger partial charge on any atom is 0.348 e. The lowest BCUT2D eigenvalue weighted by Crippen LogP contribution is -2.00. The van der Waals surface area contributed by atoms with E-state index in [-0.39, 0.29) is 5.75 Å². The molecule has 0 aliphatic rings. The molecule has 0 bridgehead atoms. The lowest BCUT2D eigenvalue weighted by molar-refractivity contribution is 0.0605. The van der Waals surface area contributed by atoms with E-state index in [1.54, 1.807) is 12.1 Å². The fourth-order valence-corrected chi connectivity index (χ4v) is 3.40. The van der Waals surface area contributed by atoms with Crippen LogP contribution in [0, 0.1) is 13.8 Å². The molecule has 118 valence electrons. The Morgan fingerprint density at radius 1 is 1.30 bits per heavy atom. The summed E-state index contributed by atoms with van der Waals surface area (Å²) in [6.07, 6.45) is 1.42. The number of aromatic nitrogens is 2. The molecular formula is C16H15N3O3S. The highest BCUT2D eigenvalue weighted by molar-refractivity contribution is 7.20. The van der Waals surface area contributed by atoms with Crippen LogP contribution in [0.1, 0.15) is 20.8 Å². The van der Waals surface area contributed by atoms with Gasteiger partial charge in [0.05, 0.1) is 18.2 Å². The minimum Gasteiger partial charge on any atom is -0.506 e. The van der Waals surface area contributed by atoms with Crippen LogP contribution in [-0.4, -0.2) is 28.2 Å². The van der Waals surface area contributed by atoms with Crippen molar-refractivity contribution >= 4 is 39.0 Å². The summed E-state index contributed by atoms with van der Waals surface area (Å²) < 4.78 is 4.80. The van der Waals surface area contributed by atoms with Gasteiger partial charge in [-0.3, -0.25) is 0 Å². The van der Waals surface area contributed by atoms with Crippen molar-refractivity contribution in [2.24, 2.45) is 0 Å². The summed E-state index contributed by atoms with van der Waals surface area (Å²) in [5, 5.41) is 13.9. The molecule has 0 saturated heterocycles. The number of aromatic hydroxyl groups is 1. The average Bonchev–Trinajstić information content (AvgIpc) is 2.87. The van der Waals surface area contributed by atoms with Gasteiger partial charge in [0.25, 0.3) is 0 Å². The van der Waals surface area contributed by atoms with Crippen molar-refractivity contribution in [2.75, 3.05) is 12.4 Å². The standard InChI is InChI=1S/C16H15N3O3S/c1-8-4-5-10(11(20)6-8)19-14-12-9(2)13(16(21)22-3)23-15(12)18-7-17-14/h4-7,20H,1-3H3,(H,17,18,19). The van der Waals surface area contributed by atoms with Crippen LogP contribution in [0.4, 0.5) is 11.5 Å². The second-order valence-corrected chi connectivity index (χ2v) is 6.09. The van der Waals surface area contributed by atoms with Crippen molar-refractivity contribution < 1.29 is 14.6 Å². The molecule has 3 rings (SSSR count). The topological polar surface area (TPSA) is 84.3 Å². The number of fused-ring (bicyclic) bond motifs is 1. The van der Waals surface area contributed by atoms with Crippen molar-refractivity contribution in [3.63, 3.8) is 0 Å². The predicted octanol–water partition coefficient (Wildman–Crippen LogP) is 3.54. The molecule has 0 amide bonds. The zero-order valence-electron chi connectivity index (χ0n) is 12.9. The number of benzene rings is 1. The molecule has 0 unspecified atom stereocenters. The van der Waals surface area contributed by atoms with Crippen molar-refractivity contribution in [2.45, 2.75) is 13.8 Å². The second kappa shape index (κ2) is 5.85. The van der Waals surface area contributed by atoms with Gasteiger partial charge in [-0.25, -0.2) is 14.8 Å². The van der Waals surface area contributed by atoms with Gasteiger partial charge in [-0.05, 0) is 37.1 Å². The van der Waals surface area contributed by atoms with Gasteiger partial charge in [0.1, 0.15) is 27.6 Å². The maximum atomic E-state index is 11.8. The minimum atomic E-state index is -0.394. The molecule has 2 heterocycles. The number of esters is 1. The van der Waals surface area contributed by atoms with Crippen LogP contribution in [0.5, 0.6) is 5.75 Å². The number of phenols is 1. The molecule has 0 atom stereocenters. The molecule has 0 aliphatic carbocycles. The molecular weight excluding hydrogens is 314 g/mol. The summed E-state index contributed by atoms with van der Waals surface area (Å²) in [4.78, 5) is 21.5. The number of hydrogen-bond acceptors (Lipinski definition) is 7.